The summed E-state index contributed by atoms with van der Waals surface area (Å²) in [6.07, 6.45) is -5.34. The van der Waals surface area contributed by atoms with Crippen LogP contribution < -0.4 is 26.6 Å². The van der Waals surface area contributed by atoms with Crippen molar-refractivity contribution in [1.29, 1.82) is 0 Å². The number of carbonyl (C=O) groups is 24. The molecule has 0 bridgehead atoms. The molecule has 7 N–H and O–H groups in total. The molecule has 0 atom stereocenters. The number of Topliss-reactive ketones (excluding diaryl/α,β-unsaturated/α-hetero) is 5. The minimum Gasteiger partial charge on any atom is -0.480 e. The van der Waals surface area contributed by atoms with Crippen LogP contribution in [0.15, 0.2) is 0 Å². The Hall–Kier alpha value is -12.2. The molecule has 2 aliphatic heterocycles. The molecule has 0 saturated carbocycles. The van der Waals surface area contributed by atoms with Crippen LogP contribution in [0.3, 0.4) is 0 Å². The number of ketones is 5. The molecule has 0 spiro atoms. The average Bonchev–Trinajstić information content (AvgIpc) is 1.75. The lowest BCUT2D eigenvalue weighted by molar-refractivity contribution is -0.198. The Morgan fingerprint density at radius 3 is 0.803 bits per heavy atom. The highest BCUT2D eigenvalue weighted by atomic mass is 16.7. The van der Waals surface area contributed by atoms with Crippen molar-refractivity contribution in [2.45, 2.75) is 183 Å². The molecule has 2 aliphatic rings. The van der Waals surface area contributed by atoms with Gasteiger partial charge in [0.05, 0.1) is 87.8 Å². The van der Waals surface area contributed by atoms with E-state index in [-0.39, 0.29) is 116 Å². The van der Waals surface area contributed by atoms with Crippen LogP contribution in [0.25, 0.3) is 0 Å². The molecule has 0 aliphatic carbocycles. The highest BCUT2D eigenvalue weighted by Gasteiger charge is 2.36. The van der Waals surface area contributed by atoms with E-state index in [1.807, 2.05) is 0 Å². The fourth-order valence-corrected chi connectivity index (χ4v) is 7.69. The molecule has 0 unspecified atom stereocenters. The van der Waals surface area contributed by atoms with E-state index in [4.69, 9.17) is 29.2 Å². The Morgan fingerprint density at radius 2 is 0.556 bits per heavy atom. The lowest BCUT2D eigenvalue weighted by Crippen LogP contribution is -2.43. The van der Waals surface area contributed by atoms with E-state index in [1.165, 1.54) is 14.2 Å². The van der Waals surface area contributed by atoms with Crippen molar-refractivity contribution in [2.75, 3.05) is 121 Å². The number of hydrogen-bond acceptors (Lipinski definition) is 37. The third-order valence-electron chi connectivity index (χ3n) is 13.1. The van der Waals surface area contributed by atoms with Gasteiger partial charge < -0.3 is 98.5 Å². The molecule has 2 fully saturated rings. The number of carbonyl (C=O) groups excluding carboxylic acids is 23. The summed E-state index contributed by atoms with van der Waals surface area (Å²) in [5.41, 5.74) is -2.81. The molecule has 2 rings (SSSR count). The second kappa shape index (κ2) is 56.1. The summed E-state index contributed by atoms with van der Waals surface area (Å²) in [5.74, 6) is -13.5. The number of aliphatic carboxylic acids is 1. The topological polar surface area (TPSA) is 628 Å². The summed E-state index contributed by atoms with van der Waals surface area (Å²) in [6, 6.07) is 0. The van der Waals surface area contributed by atoms with Crippen LogP contribution >= 0.6 is 0 Å². The van der Waals surface area contributed by atoms with Gasteiger partial charge in [-0.25, -0.2) is 28.8 Å². The largest absolute Gasteiger partial charge is 0.480 e. The molecule has 0 aromatic heterocycles. The molecule has 0 aromatic rings. The lowest BCUT2D eigenvalue weighted by atomic mass is 10.2. The van der Waals surface area contributed by atoms with Gasteiger partial charge in [-0.3, -0.25) is 91.6 Å². The zero-order valence-electron chi connectivity index (χ0n) is 68.6. The molecule has 117 heavy (non-hydrogen) atoms. The van der Waals surface area contributed by atoms with Gasteiger partial charge in [-0.2, -0.15) is 0 Å². The second-order valence-corrected chi connectivity index (χ2v) is 28.0. The molecule has 0 aromatic carbocycles. The number of ether oxygens (including phenoxy) is 9. The van der Waals surface area contributed by atoms with Crippen LogP contribution in [0.4, 0.5) is 19.2 Å². The number of hydroxylamine groups is 4. The van der Waals surface area contributed by atoms with Crippen molar-refractivity contribution < 1.29 is 178 Å². The number of hydrogen-bond donors (Lipinski definition) is 7. The average molecular weight is 1680 g/mol. The number of alkyl carbamates (subject to hydrolysis) is 4. The fourth-order valence-electron chi connectivity index (χ4n) is 7.69. The Labute approximate surface area is 672 Å². The molecule has 2 saturated heterocycles. The monoisotopic (exact) mass is 1680 g/mol. The number of nitrogens with one attached hydrogen (secondary N) is 5. The normalized spacial score (nSPS) is 12.0. The SMILES string of the molecule is CC(C)(C)OC(=O)NCC(=O)CCC(=O)ON1C(=O)CCC1=O.COC(=O)CN(CC(=O)CO)C(=O)CCC(=O)CNC(=O)OC(C)(C)C.COC(=O)CN(CC(=O)O)C(=O)CCC(=O)CNC(=O)OC(C)(C)C.COC(=O)CN(CC(=O)ON1C(=O)CCC1=O)C(=O)CCC(=O)CNC(=O)OC(C)(C)C.COC(=O)CNCC(=O)OC. The van der Waals surface area contributed by atoms with Crippen molar-refractivity contribution in [3.05, 3.63) is 0 Å². The second-order valence-electron chi connectivity index (χ2n) is 28.0. The molecule has 47 nitrogen and oxygen atoms in total. The summed E-state index contributed by atoms with van der Waals surface area (Å²) in [7, 11) is 5.88. The van der Waals surface area contributed by atoms with Crippen LogP contribution in [-0.4, -0.2) is 321 Å². The quantitative estimate of drug-likeness (QED) is 0.0203. The third-order valence-corrected chi connectivity index (χ3v) is 13.1. The first-order chi connectivity index (χ1) is 54.0. The molecule has 11 amide bonds. The zero-order chi connectivity index (χ0) is 90.7. The first-order valence-corrected chi connectivity index (χ1v) is 35.3. The smallest absolute Gasteiger partial charge is 0.408 e. The van der Waals surface area contributed by atoms with E-state index in [0.717, 1.165) is 36.0 Å². The van der Waals surface area contributed by atoms with Gasteiger partial charge in [-0.15, -0.1) is 10.1 Å². The van der Waals surface area contributed by atoms with Gasteiger partial charge in [0.2, 0.25) is 17.7 Å². The molecule has 47 heteroatoms. The number of carboxylic acids is 1. The van der Waals surface area contributed by atoms with Crippen molar-refractivity contribution in [1.82, 2.24) is 51.4 Å². The number of imide groups is 2. The Morgan fingerprint density at radius 1 is 0.316 bits per heavy atom. The number of nitrogens with zero attached hydrogens (tertiary/aromatic N) is 5. The summed E-state index contributed by atoms with van der Waals surface area (Å²) in [5, 5.41) is 29.9. The van der Waals surface area contributed by atoms with Gasteiger partial charge in [-0.05, 0) is 83.1 Å². The van der Waals surface area contributed by atoms with Crippen molar-refractivity contribution in [3.63, 3.8) is 0 Å². The maximum Gasteiger partial charge on any atom is 0.408 e. The highest BCUT2D eigenvalue weighted by Crippen LogP contribution is 2.16. The van der Waals surface area contributed by atoms with Crippen molar-refractivity contribution in [2.24, 2.45) is 0 Å². The predicted octanol–water partition coefficient (Wildman–Crippen LogP) is -1.77. The molecular weight excluding hydrogens is 1570 g/mol. The minimum atomic E-state index is -1.30. The number of carboxylic acid groups (broad SMARTS) is 1. The number of amides is 11. The third kappa shape index (κ3) is 58.3. The lowest BCUT2D eigenvalue weighted by Gasteiger charge is -2.21. The van der Waals surface area contributed by atoms with Gasteiger partial charge in [-0.1, -0.05) is 0 Å². The number of aliphatic hydroxyl groups excluding tert-OH is 1. The van der Waals surface area contributed by atoms with Crippen LogP contribution in [0.1, 0.15) is 160 Å². The van der Waals surface area contributed by atoms with E-state index in [2.05, 4.69) is 59.9 Å². The van der Waals surface area contributed by atoms with E-state index in [0.29, 0.717) is 10.1 Å². The summed E-state index contributed by atoms with van der Waals surface area (Å²) >= 11 is 0. The standard InChI is InChI=1S/C19H27N3O10.C16H26N2O8.C15H24N2O8.C14H20N2O7.C6H11NO4/c1-19(2,3)31-18(29)20-9-12(23)5-6-13(24)21(10-16(27)30-4)11-17(28)32-22-14(25)7-8-15(22)26;1-16(2,3)26-15(24)17-7-11(20)5-6-13(22)18(8-12(21)10-19)9-14(23)25-4;1-15(2,3)25-14(23)16-7-10(18)5-6-11(19)17(8-12(20)21)9-13(22)24-4;1-14(2,3)22-13(21)15-8-9(17)4-7-12(20)23-16-10(18)5-6-11(16)19;1-10-5(8)3-7-4-6(9)11-2/h5-11H2,1-4H3,(H,20,29);19H,5-10H2,1-4H3,(H,17,24);5-9H2,1-4H3,(H,16,23)(H,20,21);4-8H2,1-3H3,(H,15,21);7H,3-4H2,1-2H3. The molecule has 0 radical (unpaired) electrons. The summed E-state index contributed by atoms with van der Waals surface area (Å²) in [6.45, 7) is 14.5. The van der Waals surface area contributed by atoms with E-state index in [1.54, 1.807) is 83.1 Å². The van der Waals surface area contributed by atoms with Crippen molar-refractivity contribution in [3.8, 4) is 0 Å². The summed E-state index contributed by atoms with van der Waals surface area (Å²) in [4.78, 5) is 287. The fraction of sp³-hybridized carbons (Fsp3) is 0.657. The van der Waals surface area contributed by atoms with E-state index < -0.39 is 211 Å². The van der Waals surface area contributed by atoms with Crippen LogP contribution in [0, 0.1) is 0 Å². The molecular formula is C70H108N10O37. The molecule has 660 valence electrons. The van der Waals surface area contributed by atoms with E-state index >= 15 is 0 Å². The Balaban J connectivity index is -0.00000143. The first kappa shape index (κ1) is 109. The Kier molecular flexibility index (Phi) is 52.3. The molecule has 2 heterocycles. The first-order valence-electron chi connectivity index (χ1n) is 35.3. The number of esters is 5. The maximum atomic E-state index is 12.4. The van der Waals surface area contributed by atoms with Crippen LogP contribution in [0.5, 0.6) is 0 Å². The van der Waals surface area contributed by atoms with Crippen molar-refractivity contribution >= 4 is 142 Å². The van der Waals surface area contributed by atoms with Crippen LogP contribution in [0.2, 0.25) is 0 Å². The van der Waals surface area contributed by atoms with Gasteiger partial charge in [0.25, 0.3) is 23.6 Å². The number of aliphatic hydroxyl groups is 1. The van der Waals surface area contributed by atoms with Gasteiger partial charge in [0, 0.05) is 70.6 Å². The number of methoxy groups -OCH3 is 5. The summed E-state index contributed by atoms with van der Waals surface area (Å²) < 4.78 is 41.8. The van der Waals surface area contributed by atoms with Gasteiger partial charge in [0.1, 0.15) is 61.7 Å². The maximum absolute atomic E-state index is 12.4. The van der Waals surface area contributed by atoms with Gasteiger partial charge in [0.15, 0.2) is 28.9 Å². The van der Waals surface area contributed by atoms with Crippen LogP contribution in [-0.2, 0) is 148 Å². The van der Waals surface area contributed by atoms with E-state index in [9.17, 15) is 115 Å². The van der Waals surface area contributed by atoms with Gasteiger partial charge >= 0.3 is 72.1 Å². The zero-order valence-corrected chi connectivity index (χ0v) is 68.6. The number of rotatable bonds is 39. The highest BCUT2D eigenvalue weighted by molar-refractivity contribution is 6.03. The Bertz CT molecular complexity index is 3450. The minimum absolute atomic E-state index is 0.00481. The predicted molar refractivity (Wildman–Crippen MR) is 391 cm³/mol.